The molecule has 26 heavy (non-hydrogen) atoms. The monoisotopic (exact) mass is 399 g/mol. The number of carbonyl (C=O) groups is 1. The van der Waals surface area contributed by atoms with Crippen LogP contribution in [0.1, 0.15) is 22.0 Å². The summed E-state index contributed by atoms with van der Waals surface area (Å²) in [7, 11) is 4.42. The van der Waals surface area contributed by atoms with Crippen LogP contribution in [0.25, 0.3) is 0 Å². The minimum atomic E-state index is -0.956. The Labute approximate surface area is 161 Å². The molecular formula is C18H19Cl2NO5. The first-order chi connectivity index (χ1) is 12.4. The van der Waals surface area contributed by atoms with E-state index >= 15 is 0 Å². The van der Waals surface area contributed by atoms with E-state index in [1.807, 2.05) is 0 Å². The number of methoxy groups -OCH3 is 3. The summed E-state index contributed by atoms with van der Waals surface area (Å²) in [4.78, 5) is 12.5. The number of hydrogen-bond donors (Lipinski definition) is 2. The van der Waals surface area contributed by atoms with Crippen LogP contribution in [-0.2, 0) is 0 Å². The highest BCUT2D eigenvalue weighted by Gasteiger charge is 2.20. The molecule has 8 heteroatoms. The Morgan fingerprint density at radius 3 is 2.31 bits per heavy atom. The van der Waals surface area contributed by atoms with E-state index in [-0.39, 0.29) is 27.9 Å². The second-order valence-electron chi connectivity index (χ2n) is 5.28. The molecule has 0 aliphatic heterocycles. The molecule has 2 N–H and O–H groups in total. The van der Waals surface area contributed by atoms with E-state index in [0.29, 0.717) is 17.1 Å². The fourth-order valence-electron chi connectivity index (χ4n) is 2.40. The molecule has 2 aromatic carbocycles. The molecule has 0 bridgehead atoms. The van der Waals surface area contributed by atoms with Crippen LogP contribution in [0.15, 0.2) is 30.3 Å². The van der Waals surface area contributed by atoms with Gasteiger partial charge in [-0.1, -0.05) is 29.3 Å². The standard InChI is InChI=1S/C18H19Cl2NO5/c1-24-14-7-4-10(8-15(14)25-2)13(22)9-21-18(23)16-11(19)5-6-12(20)17(16)26-3/h4-8,13,22H,9H2,1-3H3,(H,21,23). The van der Waals surface area contributed by atoms with Crippen LogP contribution in [-0.4, -0.2) is 38.9 Å². The smallest absolute Gasteiger partial charge is 0.256 e. The molecule has 0 fully saturated rings. The molecule has 0 heterocycles. The lowest BCUT2D eigenvalue weighted by Gasteiger charge is -2.16. The zero-order valence-corrected chi connectivity index (χ0v) is 16.0. The Morgan fingerprint density at radius 1 is 1.04 bits per heavy atom. The number of rotatable bonds is 7. The summed E-state index contributed by atoms with van der Waals surface area (Å²) in [6, 6.07) is 8.05. The number of carbonyl (C=O) groups excluding carboxylic acids is 1. The van der Waals surface area contributed by atoms with Gasteiger partial charge in [-0.2, -0.15) is 0 Å². The molecule has 6 nitrogen and oxygen atoms in total. The van der Waals surface area contributed by atoms with Crippen molar-refractivity contribution < 1.29 is 24.1 Å². The summed E-state index contributed by atoms with van der Waals surface area (Å²) in [5.41, 5.74) is 0.674. The molecule has 1 amide bonds. The summed E-state index contributed by atoms with van der Waals surface area (Å²) in [5.74, 6) is 0.698. The van der Waals surface area contributed by atoms with Gasteiger partial charge in [0.2, 0.25) is 0 Å². The molecular weight excluding hydrogens is 381 g/mol. The molecule has 0 aliphatic rings. The molecule has 140 valence electrons. The number of aliphatic hydroxyl groups is 1. The molecule has 2 aromatic rings. The molecule has 1 unspecified atom stereocenters. The SMILES string of the molecule is COc1ccc(C(O)CNC(=O)c2c(Cl)ccc(Cl)c2OC)cc1OC. The first-order valence-electron chi connectivity index (χ1n) is 7.63. The van der Waals surface area contributed by atoms with E-state index in [1.165, 1.54) is 33.5 Å². The van der Waals surface area contributed by atoms with Crippen LogP contribution in [0.3, 0.4) is 0 Å². The van der Waals surface area contributed by atoms with Crippen molar-refractivity contribution in [2.75, 3.05) is 27.9 Å². The van der Waals surface area contributed by atoms with Crippen LogP contribution >= 0.6 is 23.2 Å². The van der Waals surface area contributed by atoms with Gasteiger partial charge in [0.05, 0.1) is 37.5 Å². The van der Waals surface area contributed by atoms with Gasteiger partial charge in [-0.25, -0.2) is 0 Å². The highest BCUT2D eigenvalue weighted by atomic mass is 35.5. The molecule has 0 aliphatic carbocycles. The van der Waals surface area contributed by atoms with Crippen molar-refractivity contribution in [1.82, 2.24) is 5.32 Å². The number of halogens is 2. The van der Waals surface area contributed by atoms with E-state index in [4.69, 9.17) is 37.4 Å². The Hall–Kier alpha value is -2.15. The lowest BCUT2D eigenvalue weighted by Crippen LogP contribution is -2.29. The van der Waals surface area contributed by atoms with Crippen molar-refractivity contribution in [3.05, 3.63) is 51.5 Å². The maximum absolute atomic E-state index is 12.5. The number of benzene rings is 2. The van der Waals surface area contributed by atoms with E-state index in [1.54, 1.807) is 18.2 Å². The van der Waals surface area contributed by atoms with E-state index < -0.39 is 12.0 Å². The highest BCUT2D eigenvalue weighted by Crippen LogP contribution is 2.34. The summed E-state index contributed by atoms with van der Waals surface area (Å²) < 4.78 is 15.5. The zero-order chi connectivity index (χ0) is 19.3. The first kappa shape index (κ1) is 20.2. The van der Waals surface area contributed by atoms with Crippen LogP contribution < -0.4 is 19.5 Å². The fourth-order valence-corrected chi connectivity index (χ4v) is 2.87. The van der Waals surface area contributed by atoms with Crippen LogP contribution in [0.2, 0.25) is 10.0 Å². The van der Waals surface area contributed by atoms with Gasteiger partial charge in [-0.05, 0) is 29.8 Å². The minimum Gasteiger partial charge on any atom is -0.494 e. The third kappa shape index (κ3) is 4.33. The summed E-state index contributed by atoms with van der Waals surface area (Å²) in [5, 5.41) is 13.4. The second kappa shape index (κ2) is 8.98. The molecule has 0 saturated carbocycles. The van der Waals surface area contributed by atoms with Crippen molar-refractivity contribution in [3.8, 4) is 17.2 Å². The minimum absolute atomic E-state index is 0.0414. The average Bonchev–Trinajstić information content (AvgIpc) is 2.66. The van der Waals surface area contributed by atoms with E-state index in [0.717, 1.165) is 0 Å². The fraction of sp³-hybridized carbons (Fsp3) is 0.278. The topological polar surface area (TPSA) is 77.0 Å². The van der Waals surface area contributed by atoms with Crippen molar-refractivity contribution >= 4 is 29.1 Å². The van der Waals surface area contributed by atoms with Gasteiger partial charge in [0.25, 0.3) is 5.91 Å². The molecule has 0 aromatic heterocycles. The van der Waals surface area contributed by atoms with Crippen LogP contribution in [0.4, 0.5) is 0 Å². The van der Waals surface area contributed by atoms with Gasteiger partial charge in [0.15, 0.2) is 17.2 Å². The Bertz CT molecular complexity index is 797. The number of amides is 1. The first-order valence-corrected chi connectivity index (χ1v) is 8.38. The van der Waals surface area contributed by atoms with Gasteiger partial charge < -0.3 is 24.6 Å². The molecule has 1 atom stereocenters. The average molecular weight is 400 g/mol. The lowest BCUT2D eigenvalue weighted by atomic mass is 10.1. The molecule has 0 radical (unpaired) electrons. The third-order valence-electron chi connectivity index (χ3n) is 3.74. The van der Waals surface area contributed by atoms with E-state index in [9.17, 15) is 9.90 Å². The largest absolute Gasteiger partial charge is 0.494 e. The Balaban J connectivity index is 2.14. The normalized spacial score (nSPS) is 11.6. The number of aliphatic hydroxyl groups excluding tert-OH is 1. The summed E-state index contributed by atoms with van der Waals surface area (Å²) >= 11 is 12.1. The predicted octanol–water partition coefficient (Wildman–Crippen LogP) is 3.48. The maximum atomic E-state index is 12.5. The maximum Gasteiger partial charge on any atom is 0.256 e. The second-order valence-corrected chi connectivity index (χ2v) is 6.09. The van der Waals surface area contributed by atoms with Gasteiger partial charge in [0.1, 0.15) is 5.56 Å². The van der Waals surface area contributed by atoms with Gasteiger partial charge >= 0.3 is 0 Å². The quantitative estimate of drug-likeness (QED) is 0.744. The van der Waals surface area contributed by atoms with Gasteiger partial charge in [-0.3, -0.25) is 4.79 Å². The van der Waals surface area contributed by atoms with E-state index in [2.05, 4.69) is 5.32 Å². The Kier molecular flexibility index (Phi) is 6.97. The number of nitrogens with one attached hydrogen (secondary N) is 1. The highest BCUT2D eigenvalue weighted by molar-refractivity contribution is 6.37. The van der Waals surface area contributed by atoms with Gasteiger partial charge in [-0.15, -0.1) is 0 Å². The molecule has 0 saturated heterocycles. The number of ether oxygens (including phenoxy) is 3. The zero-order valence-electron chi connectivity index (χ0n) is 14.5. The summed E-state index contributed by atoms with van der Waals surface area (Å²) in [6.45, 7) is -0.0414. The van der Waals surface area contributed by atoms with Crippen LogP contribution in [0.5, 0.6) is 17.2 Å². The van der Waals surface area contributed by atoms with Crippen LogP contribution in [0, 0.1) is 0 Å². The van der Waals surface area contributed by atoms with Crippen molar-refractivity contribution in [3.63, 3.8) is 0 Å². The molecule has 0 spiro atoms. The van der Waals surface area contributed by atoms with Crippen molar-refractivity contribution in [2.24, 2.45) is 0 Å². The number of hydrogen-bond acceptors (Lipinski definition) is 5. The third-order valence-corrected chi connectivity index (χ3v) is 4.35. The lowest BCUT2D eigenvalue weighted by molar-refractivity contribution is 0.0913. The molecule has 2 rings (SSSR count). The van der Waals surface area contributed by atoms with Crippen molar-refractivity contribution in [2.45, 2.75) is 6.10 Å². The predicted molar refractivity (Wildman–Crippen MR) is 99.9 cm³/mol. The van der Waals surface area contributed by atoms with Crippen molar-refractivity contribution in [1.29, 1.82) is 0 Å². The summed E-state index contributed by atoms with van der Waals surface area (Å²) in [6.07, 6.45) is -0.956. The van der Waals surface area contributed by atoms with Gasteiger partial charge in [0, 0.05) is 6.54 Å². The Morgan fingerprint density at radius 2 is 1.69 bits per heavy atom.